The van der Waals surface area contributed by atoms with Crippen molar-refractivity contribution in [2.24, 2.45) is 0 Å². The van der Waals surface area contributed by atoms with E-state index < -0.39 is 0 Å². The highest BCUT2D eigenvalue weighted by Crippen LogP contribution is 2.36. The molecule has 0 aliphatic carbocycles. The number of nitrogens with one attached hydrogen (secondary N) is 1. The van der Waals surface area contributed by atoms with Crippen molar-refractivity contribution >= 4 is 28.8 Å². The van der Waals surface area contributed by atoms with E-state index in [9.17, 15) is 4.79 Å². The number of carbonyl (C=O) groups excluding carboxylic acids is 1. The van der Waals surface area contributed by atoms with Crippen LogP contribution in [0, 0.1) is 0 Å². The molecule has 0 spiro atoms. The van der Waals surface area contributed by atoms with Gasteiger partial charge in [-0.05, 0) is 37.1 Å². The standard InChI is InChI=1S/C22H21ClN6O3/c1-31-19-6-5-14(23)10-16(19)20-18(13-28(27-20)12-15-4-2-9-32-15)26-22(30)17-11-25-29-8-3-7-24-21(17)29/h3,5-8,10-11,13,15H,2,4,9,12H2,1H3,(H,26,30). The first-order valence-corrected chi connectivity index (χ1v) is 10.6. The summed E-state index contributed by atoms with van der Waals surface area (Å²) < 4.78 is 14.6. The van der Waals surface area contributed by atoms with Crippen LogP contribution in [0.4, 0.5) is 5.69 Å². The molecule has 1 unspecified atom stereocenters. The molecule has 4 heterocycles. The van der Waals surface area contributed by atoms with Crippen molar-refractivity contribution in [2.45, 2.75) is 25.5 Å². The summed E-state index contributed by atoms with van der Waals surface area (Å²) in [6.07, 6.45) is 8.76. The van der Waals surface area contributed by atoms with Gasteiger partial charge in [-0.3, -0.25) is 9.48 Å². The number of hydrogen-bond donors (Lipinski definition) is 1. The van der Waals surface area contributed by atoms with Gasteiger partial charge in [0.25, 0.3) is 5.91 Å². The molecule has 1 aromatic carbocycles. The zero-order chi connectivity index (χ0) is 22.1. The number of benzene rings is 1. The van der Waals surface area contributed by atoms with Gasteiger partial charge in [0, 0.05) is 35.8 Å². The SMILES string of the molecule is COc1ccc(Cl)cc1-c1nn(CC2CCCO2)cc1NC(=O)c1cnn2cccnc12. The minimum atomic E-state index is -0.336. The lowest BCUT2D eigenvalue weighted by molar-refractivity contribution is 0.0941. The number of fused-ring (bicyclic) bond motifs is 1. The number of halogens is 1. The molecule has 1 aliphatic heterocycles. The molecule has 32 heavy (non-hydrogen) atoms. The first-order valence-electron chi connectivity index (χ1n) is 10.2. The number of nitrogens with zero attached hydrogens (tertiary/aromatic N) is 5. The molecular formula is C22H21ClN6O3. The maximum Gasteiger partial charge on any atom is 0.261 e. The van der Waals surface area contributed by atoms with E-state index in [0.29, 0.717) is 45.5 Å². The van der Waals surface area contributed by atoms with E-state index in [1.54, 1.807) is 59.2 Å². The molecule has 164 valence electrons. The molecule has 1 fully saturated rings. The fraction of sp³-hybridized carbons (Fsp3) is 0.273. The van der Waals surface area contributed by atoms with Gasteiger partial charge in [0.1, 0.15) is 17.0 Å². The van der Waals surface area contributed by atoms with Crippen LogP contribution in [-0.4, -0.2) is 50.1 Å². The Labute approximate surface area is 188 Å². The number of rotatable bonds is 6. The summed E-state index contributed by atoms with van der Waals surface area (Å²) in [5, 5.41) is 12.4. The summed E-state index contributed by atoms with van der Waals surface area (Å²) in [4.78, 5) is 17.4. The van der Waals surface area contributed by atoms with Gasteiger partial charge < -0.3 is 14.8 Å². The highest BCUT2D eigenvalue weighted by molar-refractivity contribution is 6.31. The normalized spacial score (nSPS) is 15.9. The first-order chi connectivity index (χ1) is 15.6. The van der Waals surface area contributed by atoms with E-state index in [-0.39, 0.29) is 12.0 Å². The average molecular weight is 453 g/mol. The third-order valence-electron chi connectivity index (χ3n) is 5.37. The molecule has 1 atom stereocenters. The maximum absolute atomic E-state index is 13.1. The van der Waals surface area contributed by atoms with Crippen LogP contribution in [0.1, 0.15) is 23.2 Å². The second kappa shape index (κ2) is 8.60. The van der Waals surface area contributed by atoms with Crippen molar-refractivity contribution in [3.8, 4) is 17.0 Å². The quantitative estimate of drug-likeness (QED) is 0.479. The monoisotopic (exact) mass is 452 g/mol. The van der Waals surface area contributed by atoms with Crippen LogP contribution in [0.15, 0.2) is 49.1 Å². The van der Waals surface area contributed by atoms with Crippen molar-refractivity contribution in [1.29, 1.82) is 0 Å². The molecule has 1 N–H and O–H groups in total. The zero-order valence-corrected chi connectivity index (χ0v) is 18.1. The van der Waals surface area contributed by atoms with Crippen molar-refractivity contribution in [2.75, 3.05) is 19.0 Å². The molecular weight excluding hydrogens is 432 g/mol. The van der Waals surface area contributed by atoms with Crippen LogP contribution in [0.2, 0.25) is 5.02 Å². The summed E-state index contributed by atoms with van der Waals surface area (Å²) in [5.74, 6) is 0.266. The van der Waals surface area contributed by atoms with Gasteiger partial charge in [-0.15, -0.1) is 0 Å². The van der Waals surface area contributed by atoms with Gasteiger partial charge in [-0.2, -0.15) is 10.2 Å². The Morgan fingerprint density at radius 1 is 1.41 bits per heavy atom. The smallest absolute Gasteiger partial charge is 0.261 e. The minimum Gasteiger partial charge on any atom is -0.496 e. The van der Waals surface area contributed by atoms with E-state index >= 15 is 0 Å². The van der Waals surface area contributed by atoms with Gasteiger partial charge in [0.05, 0.1) is 31.6 Å². The molecule has 3 aromatic heterocycles. The van der Waals surface area contributed by atoms with Gasteiger partial charge >= 0.3 is 0 Å². The number of amides is 1. The van der Waals surface area contributed by atoms with Crippen molar-refractivity contribution in [3.63, 3.8) is 0 Å². The molecule has 4 aromatic rings. The lowest BCUT2D eigenvalue weighted by atomic mass is 10.1. The Hall–Kier alpha value is -3.43. The Morgan fingerprint density at radius 3 is 3.12 bits per heavy atom. The summed E-state index contributed by atoms with van der Waals surface area (Å²) in [7, 11) is 1.58. The first kappa shape index (κ1) is 20.5. The van der Waals surface area contributed by atoms with Crippen LogP contribution in [0.25, 0.3) is 16.9 Å². The highest BCUT2D eigenvalue weighted by Gasteiger charge is 2.23. The average Bonchev–Trinajstić information content (AvgIpc) is 3.54. The lowest BCUT2D eigenvalue weighted by Crippen LogP contribution is -2.15. The number of anilines is 1. The van der Waals surface area contributed by atoms with E-state index in [1.165, 1.54) is 6.20 Å². The summed E-state index contributed by atoms with van der Waals surface area (Å²) in [6, 6.07) is 7.04. The Morgan fingerprint density at radius 2 is 2.31 bits per heavy atom. The van der Waals surface area contributed by atoms with Crippen molar-refractivity contribution in [3.05, 3.63) is 59.6 Å². The molecule has 0 saturated carbocycles. The molecule has 10 heteroatoms. The van der Waals surface area contributed by atoms with Gasteiger partial charge in [0.2, 0.25) is 0 Å². The molecule has 9 nitrogen and oxygen atoms in total. The fourth-order valence-electron chi connectivity index (χ4n) is 3.84. The molecule has 0 radical (unpaired) electrons. The number of carbonyl (C=O) groups is 1. The highest BCUT2D eigenvalue weighted by atomic mass is 35.5. The number of methoxy groups -OCH3 is 1. The Balaban J connectivity index is 1.53. The molecule has 1 amide bonds. The number of ether oxygens (including phenoxy) is 2. The van der Waals surface area contributed by atoms with Crippen LogP contribution < -0.4 is 10.1 Å². The third-order valence-corrected chi connectivity index (χ3v) is 5.60. The summed E-state index contributed by atoms with van der Waals surface area (Å²) in [6.45, 7) is 1.34. The molecule has 1 aliphatic rings. The third kappa shape index (κ3) is 3.92. The fourth-order valence-corrected chi connectivity index (χ4v) is 4.02. The maximum atomic E-state index is 13.1. The second-order valence-corrected chi connectivity index (χ2v) is 7.93. The van der Waals surface area contributed by atoms with Crippen molar-refractivity contribution in [1.82, 2.24) is 24.4 Å². The largest absolute Gasteiger partial charge is 0.496 e. The van der Waals surface area contributed by atoms with Gasteiger partial charge in [-0.1, -0.05) is 11.6 Å². The topological polar surface area (TPSA) is 95.6 Å². The molecule has 1 saturated heterocycles. The van der Waals surface area contributed by atoms with Crippen LogP contribution in [-0.2, 0) is 11.3 Å². The van der Waals surface area contributed by atoms with Gasteiger partial charge in [-0.25, -0.2) is 9.50 Å². The Kier molecular flexibility index (Phi) is 5.50. The van der Waals surface area contributed by atoms with Crippen LogP contribution in [0.3, 0.4) is 0 Å². The lowest BCUT2D eigenvalue weighted by Gasteiger charge is -2.10. The molecule has 0 bridgehead atoms. The van der Waals surface area contributed by atoms with E-state index in [1.807, 2.05) is 0 Å². The van der Waals surface area contributed by atoms with Crippen molar-refractivity contribution < 1.29 is 14.3 Å². The van der Waals surface area contributed by atoms with Gasteiger partial charge in [0.15, 0.2) is 5.65 Å². The van der Waals surface area contributed by atoms with E-state index in [0.717, 1.165) is 19.4 Å². The molecule has 5 rings (SSSR count). The van der Waals surface area contributed by atoms with E-state index in [2.05, 4.69) is 15.4 Å². The summed E-state index contributed by atoms with van der Waals surface area (Å²) in [5.41, 5.74) is 2.60. The number of hydrogen-bond acceptors (Lipinski definition) is 6. The Bertz CT molecular complexity index is 1280. The van der Waals surface area contributed by atoms with Crippen LogP contribution in [0.5, 0.6) is 5.75 Å². The predicted octanol–water partition coefficient (Wildman–Crippen LogP) is 3.69. The number of aromatic nitrogens is 5. The second-order valence-electron chi connectivity index (χ2n) is 7.49. The van der Waals surface area contributed by atoms with E-state index in [4.69, 9.17) is 26.2 Å². The minimum absolute atomic E-state index is 0.0939. The zero-order valence-electron chi connectivity index (χ0n) is 17.4. The summed E-state index contributed by atoms with van der Waals surface area (Å²) >= 11 is 6.26. The van der Waals surface area contributed by atoms with Crippen LogP contribution >= 0.6 is 11.6 Å². The predicted molar refractivity (Wildman–Crippen MR) is 119 cm³/mol.